The van der Waals surface area contributed by atoms with Crippen molar-refractivity contribution in [2.75, 3.05) is 7.11 Å². The second-order valence-corrected chi connectivity index (χ2v) is 4.10. The van der Waals surface area contributed by atoms with Gasteiger partial charge in [-0.2, -0.15) is 4.98 Å². The topological polar surface area (TPSA) is 74.2 Å². The van der Waals surface area contributed by atoms with Crippen molar-refractivity contribution in [1.29, 1.82) is 0 Å². The van der Waals surface area contributed by atoms with E-state index in [0.717, 1.165) is 25.7 Å². The number of aromatic nitrogens is 2. The van der Waals surface area contributed by atoms with Gasteiger partial charge in [-0.15, -0.1) is 0 Å². The lowest BCUT2D eigenvalue weighted by Gasteiger charge is -2.33. The van der Waals surface area contributed by atoms with E-state index in [-0.39, 0.29) is 11.6 Å². The van der Waals surface area contributed by atoms with Gasteiger partial charge in [0, 0.05) is 7.11 Å². The van der Waals surface area contributed by atoms with Crippen molar-refractivity contribution in [1.82, 2.24) is 10.1 Å². The van der Waals surface area contributed by atoms with Gasteiger partial charge in [0.15, 0.2) is 0 Å². The molecule has 84 valence electrons. The van der Waals surface area contributed by atoms with Crippen LogP contribution in [-0.4, -0.2) is 17.3 Å². The first kappa shape index (κ1) is 10.6. The second-order valence-electron chi connectivity index (χ2n) is 4.10. The third-order valence-electron chi connectivity index (χ3n) is 3.06. The van der Waals surface area contributed by atoms with E-state index in [0.29, 0.717) is 11.7 Å². The highest BCUT2D eigenvalue weighted by atomic mass is 16.5. The molecule has 1 unspecified atom stereocenters. The SMILES string of the molecule is CCC(OC)c1noc(C2(N)CCC2)n1. The van der Waals surface area contributed by atoms with Crippen molar-refractivity contribution in [3.63, 3.8) is 0 Å². The molecular formula is C10H17N3O2. The molecule has 1 heterocycles. The van der Waals surface area contributed by atoms with E-state index in [1.807, 2.05) is 6.92 Å². The summed E-state index contributed by atoms with van der Waals surface area (Å²) in [7, 11) is 1.64. The Morgan fingerprint density at radius 1 is 1.60 bits per heavy atom. The Bertz CT molecular complexity index is 329. The van der Waals surface area contributed by atoms with Crippen LogP contribution in [0.2, 0.25) is 0 Å². The van der Waals surface area contributed by atoms with E-state index < -0.39 is 0 Å². The highest BCUT2D eigenvalue weighted by molar-refractivity contribution is 5.07. The van der Waals surface area contributed by atoms with Crippen LogP contribution in [0.15, 0.2) is 4.52 Å². The molecule has 0 amide bonds. The van der Waals surface area contributed by atoms with Gasteiger partial charge in [-0.05, 0) is 25.7 Å². The van der Waals surface area contributed by atoms with Gasteiger partial charge in [0.25, 0.3) is 0 Å². The number of hydrogen-bond donors (Lipinski definition) is 1. The molecule has 15 heavy (non-hydrogen) atoms. The molecule has 2 rings (SSSR count). The second kappa shape index (κ2) is 3.90. The van der Waals surface area contributed by atoms with E-state index in [1.54, 1.807) is 7.11 Å². The fraction of sp³-hybridized carbons (Fsp3) is 0.800. The Labute approximate surface area is 89.0 Å². The van der Waals surface area contributed by atoms with Gasteiger partial charge in [0.1, 0.15) is 6.10 Å². The summed E-state index contributed by atoms with van der Waals surface area (Å²) in [5.41, 5.74) is 5.71. The Hall–Kier alpha value is -0.940. The molecule has 5 heteroatoms. The molecule has 1 aliphatic carbocycles. The summed E-state index contributed by atoms with van der Waals surface area (Å²) in [6.07, 6.45) is 3.73. The molecule has 1 atom stereocenters. The summed E-state index contributed by atoms with van der Waals surface area (Å²) in [5, 5.41) is 3.92. The van der Waals surface area contributed by atoms with Crippen LogP contribution in [0.25, 0.3) is 0 Å². The number of nitrogens with zero attached hydrogens (tertiary/aromatic N) is 2. The van der Waals surface area contributed by atoms with Crippen LogP contribution in [0.3, 0.4) is 0 Å². The zero-order valence-corrected chi connectivity index (χ0v) is 9.19. The zero-order chi connectivity index (χ0) is 10.9. The van der Waals surface area contributed by atoms with Crippen LogP contribution < -0.4 is 5.73 Å². The first-order valence-electron chi connectivity index (χ1n) is 5.35. The molecule has 0 radical (unpaired) electrons. The average molecular weight is 211 g/mol. The summed E-state index contributed by atoms with van der Waals surface area (Å²) in [6.45, 7) is 2.02. The van der Waals surface area contributed by atoms with Gasteiger partial charge < -0.3 is 15.0 Å². The van der Waals surface area contributed by atoms with Crippen molar-refractivity contribution in [2.24, 2.45) is 5.73 Å². The van der Waals surface area contributed by atoms with Crippen molar-refractivity contribution < 1.29 is 9.26 Å². The first-order valence-corrected chi connectivity index (χ1v) is 5.35. The van der Waals surface area contributed by atoms with Crippen LogP contribution in [0, 0.1) is 0 Å². The third-order valence-corrected chi connectivity index (χ3v) is 3.06. The fourth-order valence-corrected chi connectivity index (χ4v) is 1.79. The third kappa shape index (κ3) is 1.77. The number of methoxy groups -OCH3 is 1. The predicted molar refractivity (Wildman–Crippen MR) is 54.1 cm³/mol. The van der Waals surface area contributed by atoms with Crippen LogP contribution in [0.5, 0.6) is 0 Å². The molecule has 0 aliphatic heterocycles. The number of ether oxygens (including phenoxy) is 1. The lowest BCUT2D eigenvalue weighted by Crippen LogP contribution is -2.43. The van der Waals surface area contributed by atoms with E-state index in [4.69, 9.17) is 15.0 Å². The van der Waals surface area contributed by atoms with Gasteiger partial charge in [0.05, 0.1) is 5.54 Å². The molecule has 1 saturated carbocycles. The van der Waals surface area contributed by atoms with Crippen molar-refractivity contribution in [2.45, 2.75) is 44.2 Å². The van der Waals surface area contributed by atoms with Crippen molar-refractivity contribution in [3.8, 4) is 0 Å². The van der Waals surface area contributed by atoms with Crippen LogP contribution in [0.1, 0.15) is 50.4 Å². The molecule has 1 fully saturated rings. The first-order chi connectivity index (χ1) is 7.19. The summed E-state index contributed by atoms with van der Waals surface area (Å²) >= 11 is 0. The van der Waals surface area contributed by atoms with Gasteiger partial charge in [0.2, 0.25) is 11.7 Å². The van der Waals surface area contributed by atoms with E-state index in [1.165, 1.54) is 0 Å². The van der Waals surface area contributed by atoms with Gasteiger partial charge in [-0.25, -0.2) is 0 Å². The molecule has 1 aromatic heterocycles. The standard InChI is InChI=1S/C10H17N3O2/c1-3-7(14-2)8-12-9(15-13-8)10(11)5-4-6-10/h7H,3-6,11H2,1-2H3. The minimum absolute atomic E-state index is 0.0915. The van der Waals surface area contributed by atoms with E-state index in [9.17, 15) is 0 Å². The Morgan fingerprint density at radius 3 is 2.80 bits per heavy atom. The van der Waals surface area contributed by atoms with Gasteiger partial charge in [-0.1, -0.05) is 12.1 Å². The fourth-order valence-electron chi connectivity index (χ4n) is 1.79. The van der Waals surface area contributed by atoms with E-state index in [2.05, 4.69) is 10.1 Å². The Kier molecular flexibility index (Phi) is 2.75. The molecule has 2 N–H and O–H groups in total. The summed E-state index contributed by atoms with van der Waals surface area (Å²) in [5.74, 6) is 1.16. The quantitative estimate of drug-likeness (QED) is 0.817. The molecule has 1 aromatic rings. The summed E-state index contributed by atoms with van der Waals surface area (Å²) < 4.78 is 10.4. The van der Waals surface area contributed by atoms with Crippen molar-refractivity contribution in [3.05, 3.63) is 11.7 Å². The molecule has 1 aliphatic rings. The molecule has 0 bridgehead atoms. The minimum Gasteiger partial charge on any atom is -0.373 e. The number of nitrogens with two attached hydrogens (primary N) is 1. The summed E-state index contributed by atoms with van der Waals surface area (Å²) in [6, 6.07) is 0. The smallest absolute Gasteiger partial charge is 0.246 e. The molecule has 0 saturated heterocycles. The van der Waals surface area contributed by atoms with Crippen LogP contribution in [0.4, 0.5) is 0 Å². The summed E-state index contributed by atoms with van der Waals surface area (Å²) in [4.78, 5) is 4.32. The highest BCUT2D eigenvalue weighted by Crippen LogP contribution is 2.38. The predicted octanol–water partition coefficient (Wildman–Crippen LogP) is 1.51. The molecule has 0 aromatic carbocycles. The largest absolute Gasteiger partial charge is 0.373 e. The maximum absolute atomic E-state index is 6.08. The normalized spacial score (nSPS) is 21.0. The molecular weight excluding hydrogens is 194 g/mol. The highest BCUT2D eigenvalue weighted by Gasteiger charge is 2.40. The van der Waals surface area contributed by atoms with E-state index >= 15 is 0 Å². The molecule has 0 spiro atoms. The Morgan fingerprint density at radius 2 is 2.33 bits per heavy atom. The number of rotatable bonds is 4. The Balaban J connectivity index is 2.16. The average Bonchev–Trinajstić information content (AvgIpc) is 2.66. The van der Waals surface area contributed by atoms with Crippen LogP contribution in [-0.2, 0) is 10.3 Å². The monoisotopic (exact) mass is 211 g/mol. The zero-order valence-electron chi connectivity index (χ0n) is 9.19. The maximum Gasteiger partial charge on any atom is 0.246 e. The minimum atomic E-state index is -0.378. The van der Waals surface area contributed by atoms with Crippen molar-refractivity contribution >= 4 is 0 Å². The van der Waals surface area contributed by atoms with Crippen LogP contribution >= 0.6 is 0 Å². The lowest BCUT2D eigenvalue weighted by atomic mass is 9.78. The maximum atomic E-state index is 6.08. The lowest BCUT2D eigenvalue weighted by molar-refractivity contribution is 0.0902. The number of hydrogen-bond acceptors (Lipinski definition) is 5. The molecule has 5 nitrogen and oxygen atoms in total. The van der Waals surface area contributed by atoms with Gasteiger partial charge >= 0.3 is 0 Å². The van der Waals surface area contributed by atoms with Gasteiger partial charge in [-0.3, -0.25) is 0 Å².